The molecule has 0 saturated carbocycles. The van der Waals surface area contributed by atoms with Crippen LogP contribution in [0.1, 0.15) is 5.56 Å². The number of benzene rings is 1. The van der Waals surface area contributed by atoms with Gasteiger partial charge in [0.25, 0.3) is 10.9 Å². The van der Waals surface area contributed by atoms with Crippen molar-refractivity contribution in [1.82, 2.24) is 4.98 Å². The van der Waals surface area contributed by atoms with Gasteiger partial charge in [0.15, 0.2) is 0 Å². The van der Waals surface area contributed by atoms with E-state index in [1.165, 1.54) is 5.56 Å². The maximum absolute atomic E-state index is 11.8. The molecule has 5 nitrogen and oxygen atoms in total. The monoisotopic (exact) mass is 371 g/mol. The van der Waals surface area contributed by atoms with Crippen molar-refractivity contribution in [3.8, 4) is 0 Å². The number of pyridine rings is 1. The van der Waals surface area contributed by atoms with Gasteiger partial charge in [-0.25, -0.2) is 0 Å². The summed E-state index contributed by atoms with van der Waals surface area (Å²) < 4.78 is 0.791. The summed E-state index contributed by atoms with van der Waals surface area (Å²) in [6.45, 7) is 0.584. The summed E-state index contributed by atoms with van der Waals surface area (Å²) in [4.78, 5) is 27.5. The molecule has 0 amide bonds. The average Bonchev–Trinajstić information content (AvgIpc) is 2.58. The van der Waals surface area contributed by atoms with E-state index in [1.54, 1.807) is 18.5 Å². The molecule has 0 unspecified atom stereocenters. The first-order valence-corrected chi connectivity index (χ1v) is 7.93. The number of nitrogens with one attached hydrogen (secondary N) is 2. The molecule has 0 radical (unpaired) electrons. The lowest BCUT2D eigenvalue weighted by Crippen LogP contribution is -2.37. The zero-order valence-electron chi connectivity index (χ0n) is 12.2. The van der Waals surface area contributed by atoms with Crippen molar-refractivity contribution < 1.29 is 0 Å². The Morgan fingerprint density at radius 2 is 1.74 bits per heavy atom. The van der Waals surface area contributed by atoms with Crippen LogP contribution in [0, 0.1) is 0 Å². The predicted molar refractivity (Wildman–Crippen MR) is 95.2 cm³/mol. The van der Waals surface area contributed by atoms with Crippen LogP contribution in [0.25, 0.3) is 0 Å². The van der Waals surface area contributed by atoms with Crippen LogP contribution in [0.2, 0.25) is 0 Å². The van der Waals surface area contributed by atoms with Crippen LogP contribution in [-0.4, -0.2) is 11.5 Å². The first kappa shape index (κ1) is 15.4. The van der Waals surface area contributed by atoms with Crippen molar-refractivity contribution in [3.05, 3.63) is 79.3 Å². The Hall–Kier alpha value is -2.47. The number of aromatic nitrogens is 1. The van der Waals surface area contributed by atoms with Gasteiger partial charge in [-0.05, 0) is 34.0 Å². The summed E-state index contributed by atoms with van der Waals surface area (Å²) in [7, 11) is 0. The fourth-order valence-corrected chi connectivity index (χ4v) is 2.65. The molecule has 1 heterocycles. The van der Waals surface area contributed by atoms with E-state index in [0.29, 0.717) is 23.6 Å². The minimum atomic E-state index is -0.507. The molecule has 0 aliphatic carbocycles. The maximum atomic E-state index is 11.8. The van der Waals surface area contributed by atoms with Gasteiger partial charge < -0.3 is 10.6 Å². The Morgan fingerprint density at radius 3 is 2.48 bits per heavy atom. The highest BCUT2D eigenvalue weighted by Crippen LogP contribution is 2.22. The van der Waals surface area contributed by atoms with Crippen LogP contribution < -0.4 is 21.5 Å². The fourth-order valence-electron chi connectivity index (χ4n) is 2.28. The van der Waals surface area contributed by atoms with Crippen LogP contribution in [0.3, 0.4) is 0 Å². The number of halogens is 1. The lowest BCUT2D eigenvalue weighted by atomic mass is 10.1. The van der Waals surface area contributed by atoms with Crippen molar-refractivity contribution in [3.63, 3.8) is 0 Å². The molecule has 3 aromatic rings. The van der Waals surface area contributed by atoms with Crippen LogP contribution in [0.4, 0.5) is 17.1 Å². The van der Waals surface area contributed by atoms with Gasteiger partial charge in [-0.15, -0.1) is 0 Å². The summed E-state index contributed by atoms with van der Waals surface area (Å²) >= 11 is 3.32. The van der Waals surface area contributed by atoms with Crippen LogP contribution in [-0.2, 0) is 6.42 Å². The van der Waals surface area contributed by atoms with Gasteiger partial charge in [0.1, 0.15) is 11.4 Å². The van der Waals surface area contributed by atoms with Crippen molar-refractivity contribution in [2.45, 2.75) is 6.42 Å². The lowest BCUT2D eigenvalue weighted by molar-refractivity contribution is 1.01. The molecule has 2 N–H and O–H groups in total. The summed E-state index contributed by atoms with van der Waals surface area (Å²) in [5, 5.41) is 6.00. The molecule has 3 rings (SSSR count). The highest BCUT2D eigenvalue weighted by molar-refractivity contribution is 9.10. The minimum Gasteiger partial charge on any atom is -0.380 e. The van der Waals surface area contributed by atoms with E-state index in [4.69, 9.17) is 0 Å². The van der Waals surface area contributed by atoms with Crippen LogP contribution in [0.5, 0.6) is 0 Å². The van der Waals surface area contributed by atoms with E-state index in [9.17, 15) is 9.59 Å². The molecule has 2 aromatic carbocycles. The normalized spacial score (nSPS) is 10.7. The zero-order valence-corrected chi connectivity index (χ0v) is 13.8. The van der Waals surface area contributed by atoms with Gasteiger partial charge in [-0.3, -0.25) is 14.6 Å². The maximum Gasteiger partial charge on any atom is 0.253 e. The first-order valence-electron chi connectivity index (χ1n) is 7.14. The zero-order chi connectivity index (χ0) is 16.2. The molecule has 23 heavy (non-hydrogen) atoms. The number of rotatable bonds is 6. The Labute approximate surface area is 141 Å². The van der Waals surface area contributed by atoms with Crippen LogP contribution >= 0.6 is 15.9 Å². The largest absolute Gasteiger partial charge is 0.380 e. The molecule has 0 aliphatic heterocycles. The van der Waals surface area contributed by atoms with Gasteiger partial charge in [-0.1, -0.05) is 30.3 Å². The second kappa shape index (κ2) is 6.75. The van der Waals surface area contributed by atoms with Gasteiger partial charge in [0.2, 0.25) is 0 Å². The Balaban J connectivity index is 1.68. The van der Waals surface area contributed by atoms with E-state index in [2.05, 4.69) is 31.5 Å². The molecular weight excluding hydrogens is 358 g/mol. The number of anilines is 3. The Morgan fingerprint density at radius 1 is 1.00 bits per heavy atom. The van der Waals surface area contributed by atoms with Crippen LogP contribution in [0.15, 0.2) is 62.9 Å². The highest BCUT2D eigenvalue weighted by atomic mass is 79.9. The lowest BCUT2D eigenvalue weighted by Gasteiger charge is -2.14. The highest BCUT2D eigenvalue weighted by Gasteiger charge is 2.20. The molecule has 0 saturated heterocycles. The smallest absolute Gasteiger partial charge is 0.253 e. The third-order valence-corrected chi connectivity index (χ3v) is 3.88. The topological polar surface area (TPSA) is 71.1 Å². The van der Waals surface area contributed by atoms with Crippen molar-refractivity contribution in [2.75, 3.05) is 17.2 Å². The first-order chi connectivity index (χ1) is 11.1. The number of hydrogen-bond acceptors (Lipinski definition) is 5. The quantitative estimate of drug-likeness (QED) is 0.652. The Bertz CT molecular complexity index is 886. The molecule has 0 aliphatic rings. The number of nitrogens with zero attached hydrogens (tertiary/aromatic N) is 1. The Kier molecular flexibility index (Phi) is 4.52. The molecule has 1 aromatic heterocycles. The average molecular weight is 372 g/mol. The van der Waals surface area contributed by atoms with Crippen molar-refractivity contribution in [1.29, 1.82) is 0 Å². The third kappa shape index (κ3) is 3.48. The minimum absolute atomic E-state index is 0.294. The van der Waals surface area contributed by atoms with E-state index < -0.39 is 10.9 Å². The van der Waals surface area contributed by atoms with Gasteiger partial charge in [-0.2, -0.15) is 0 Å². The van der Waals surface area contributed by atoms with Gasteiger partial charge >= 0.3 is 0 Å². The second-order valence-corrected chi connectivity index (χ2v) is 6.00. The SMILES string of the molecule is O=c1c(NCCc2ccccc2)c(Nc2cncc(Br)c2)c1=O. The third-order valence-electron chi connectivity index (χ3n) is 3.44. The van der Waals surface area contributed by atoms with Gasteiger partial charge in [0, 0.05) is 17.2 Å². The number of hydrogen-bond donors (Lipinski definition) is 2. The molecule has 116 valence electrons. The summed E-state index contributed by atoms with van der Waals surface area (Å²) in [5.74, 6) is 0. The molecule has 0 atom stereocenters. The summed E-state index contributed by atoms with van der Waals surface area (Å²) in [5.41, 5.74) is 1.46. The molecule has 0 bridgehead atoms. The van der Waals surface area contributed by atoms with Gasteiger partial charge in [0.05, 0.1) is 11.9 Å². The van der Waals surface area contributed by atoms with E-state index in [0.717, 1.165) is 10.9 Å². The molecule has 6 heteroatoms. The van der Waals surface area contributed by atoms with Crippen molar-refractivity contribution in [2.24, 2.45) is 0 Å². The molecule has 0 fully saturated rings. The predicted octanol–water partition coefficient (Wildman–Crippen LogP) is 2.84. The summed E-state index contributed by atoms with van der Waals surface area (Å²) in [6.07, 6.45) is 4.01. The molecular formula is C17H14BrN3O2. The molecule has 0 spiro atoms. The van der Waals surface area contributed by atoms with Crippen molar-refractivity contribution >= 4 is 33.0 Å². The fraction of sp³-hybridized carbons (Fsp3) is 0.118. The standard InChI is InChI=1S/C17H14BrN3O2/c18-12-8-13(10-19-9-12)21-15-14(16(22)17(15)23)20-7-6-11-4-2-1-3-5-11/h1-5,8-10,20-21H,6-7H2. The van der Waals surface area contributed by atoms with E-state index in [-0.39, 0.29) is 0 Å². The van der Waals surface area contributed by atoms with E-state index in [1.807, 2.05) is 30.3 Å². The summed E-state index contributed by atoms with van der Waals surface area (Å²) in [6, 6.07) is 11.7. The van der Waals surface area contributed by atoms with E-state index >= 15 is 0 Å². The second-order valence-electron chi connectivity index (χ2n) is 5.09.